The lowest BCUT2D eigenvalue weighted by Crippen LogP contribution is -2.15. The third-order valence-electron chi connectivity index (χ3n) is 3.10. The zero-order valence-corrected chi connectivity index (χ0v) is 14.3. The Kier molecular flexibility index (Phi) is 5.57. The van der Waals surface area contributed by atoms with E-state index >= 15 is 0 Å². The third-order valence-corrected chi connectivity index (χ3v) is 4.25. The Morgan fingerprint density at radius 3 is 2.45 bits per heavy atom. The van der Waals surface area contributed by atoms with Gasteiger partial charge in [0, 0.05) is 11.1 Å². The van der Waals surface area contributed by atoms with Crippen LogP contribution in [0.4, 0.5) is 5.69 Å². The number of hydrogen-bond donors (Lipinski definition) is 1. The molecule has 3 nitrogen and oxygen atoms in total. The number of benzene rings is 2. The van der Waals surface area contributed by atoms with Gasteiger partial charge in [0.05, 0.1) is 29.3 Å². The van der Waals surface area contributed by atoms with E-state index in [-0.39, 0.29) is 12.3 Å². The molecule has 0 atom stereocenters. The molecular formula is C16H14Cl3NO2. The number of methoxy groups -OCH3 is 1. The van der Waals surface area contributed by atoms with Crippen molar-refractivity contribution in [1.29, 1.82) is 0 Å². The fourth-order valence-corrected chi connectivity index (χ4v) is 2.43. The van der Waals surface area contributed by atoms with E-state index in [1.165, 1.54) is 7.11 Å². The van der Waals surface area contributed by atoms with Crippen molar-refractivity contribution < 1.29 is 9.53 Å². The summed E-state index contributed by atoms with van der Waals surface area (Å²) in [6, 6.07) is 8.55. The van der Waals surface area contributed by atoms with Gasteiger partial charge in [-0.05, 0) is 36.2 Å². The smallest absolute Gasteiger partial charge is 0.228 e. The summed E-state index contributed by atoms with van der Waals surface area (Å²) >= 11 is 17.8. The van der Waals surface area contributed by atoms with Crippen LogP contribution in [0.25, 0.3) is 0 Å². The van der Waals surface area contributed by atoms with Crippen LogP contribution >= 0.6 is 34.8 Å². The first-order valence-electron chi connectivity index (χ1n) is 6.48. The summed E-state index contributed by atoms with van der Waals surface area (Å²) in [5.41, 5.74) is 2.21. The Hall–Kier alpha value is -1.42. The Labute approximate surface area is 144 Å². The van der Waals surface area contributed by atoms with Gasteiger partial charge in [0.25, 0.3) is 0 Å². The summed E-state index contributed by atoms with van der Waals surface area (Å²) in [6.45, 7) is 1.86. The normalized spacial score (nSPS) is 10.4. The largest absolute Gasteiger partial charge is 0.495 e. The average Bonchev–Trinajstić information content (AvgIpc) is 2.46. The van der Waals surface area contributed by atoms with Crippen molar-refractivity contribution in [3.05, 3.63) is 56.5 Å². The van der Waals surface area contributed by atoms with E-state index in [1.54, 1.807) is 30.3 Å². The van der Waals surface area contributed by atoms with Crippen LogP contribution < -0.4 is 10.1 Å². The molecule has 0 aliphatic heterocycles. The van der Waals surface area contributed by atoms with Gasteiger partial charge in [-0.3, -0.25) is 4.79 Å². The minimum atomic E-state index is -0.182. The number of ether oxygens (including phenoxy) is 1. The van der Waals surface area contributed by atoms with Crippen LogP contribution in [-0.2, 0) is 11.2 Å². The van der Waals surface area contributed by atoms with Crippen LogP contribution in [-0.4, -0.2) is 13.0 Å². The van der Waals surface area contributed by atoms with Crippen molar-refractivity contribution in [1.82, 2.24) is 0 Å². The minimum Gasteiger partial charge on any atom is -0.495 e. The molecular weight excluding hydrogens is 345 g/mol. The van der Waals surface area contributed by atoms with Crippen LogP contribution in [0.2, 0.25) is 15.1 Å². The molecule has 0 saturated heterocycles. The second-order valence-electron chi connectivity index (χ2n) is 4.78. The SMILES string of the molecule is COc1cc(Cl)c(C)cc1NC(=O)Cc1ccc(Cl)c(Cl)c1. The standard InChI is InChI=1S/C16H14Cl3NO2/c1-9-5-14(15(22-2)8-12(9)18)20-16(21)7-10-3-4-11(17)13(19)6-10/h3-6,8H,7H2,1-2H3,(H,20,21). The predicted molar refractivity (Wildman–Crippen MR) is 91.5 cm³/mol. The van der Waals surface area contributed by atoms with Crippen LogP contribution in [0.1, 0.15) is 11.1 Å². The van der Waals surface area contributed by atoms with Crippen molar-refractivity contribution in [2.24, 2.45) is 0 Å². The molecule has 0 unspecified atom stereocenters. The Morgan fingerprint density at radius 1 is 1.09 bits per heavy atom. The van der Waals surface area contributed by atoms with Gasteiger partial charge in [-0.25, -0.2) is 0 Å². The molecule has 2 aromatic carbocycles. The summed E-state index contributed by atoms with van der Waals surface area (Å²) in [6.07, 6.45) is 0.182. The molecule has 0 spiro atoms. The van der Waals surface area contributed by atoms with Crippen molar-refractivity contribution in [3.8, 4) is 5.75 Å². The number of amides is 1. The van der Waals surface area contributed by atoms with Crippen molar-refractivity contribution in [2.45, 2.75) is 13.3 Å². The second-order valence-corrected chi connectivity index (χ2v) is 6.00. The highest BCUT2D eigenvalue weighted by Crippen LogP contribution is 2.31. The lowest BCUT2D eigenvalue weighted by Gasteiger charge is -2.12. The Bertz CT molecular complexity index is 717. The molecule has 0 heterocycles. The summed E-state index contributed by atoms with van der Waals surface area (Å²) < 4.78 is 5.23. The van der Waals surface area contributed by atoms with Gasteiger partial charge >= 0.3 is 0 Å². The minimum absolute atomic E-state index is 0.182. The fourth-order valence-electron chi connectivity index (χ4n) is 1.96. The zero-order chi connectivity index (χ0) is 16.3. The molecule has 116 valence electrons. The Morgan fingerprint density at radius 2 is 1.82 bits per heavy atom. The lowest BCUT2D eigenvalue weighted by atomic mass is 10.1. The van der Waals surface area contributed by atoms with E-state index in [2.05, 4.69) is 5.32 Å². The first kappa shape index (κ1) is 16.9. The van der Waals surface area contributed by atoms with Crippen LogP contribution in [0.15, 0.2) is 30.3 Å². The highest BCUT2D eigenvalue weighted by molar-refractivity contribution is 6.42. The molecule has 2 aromatic rings. The third kappa shape index (κ3) is 4.07. The van der Waals surface area contributed by atoms with Gasteiger partial charge in [-0.2, -0.15) is 0 Å². The maximum Gasteiger partial charge on any atom is 0.228 e. The molecule has 1 amide bonds. The van der Waals surface area contributed by atoms with Gasteiger partial charge in [0.15, 0.2) is 0 Å². The van der Waals surface area contributed by atoms with Crippen LogP contribution in [0.3, 0.4) is 0 Å². The number of rotatable bonds is 4. The van der Waals surface area contributed by atoms with Crippen LogP contribution in [0.5, 0.6) is 5.75 Å². The van der Waals surface area contributed by atoms with Gasteiger partial charge in [0.2, 0.25) is 5.91 Å². The van der Waals surface area contributed by atoms with E-state index < -0.39 is 0 Å². The number of hydrogen-bond acceptors (Lipinski definition) is 2. The number of nitrogens with one attached hydrogen (secondary N) is 1. The van der Waals surface area contributed by atoms with Crippen molar-refractivity contribution >= 4 is 46.4 Å². The molecule has 0 aliphatic carbocycles. The van der Waals surface area contributed by atoms with E-state index in [0.717, 1.165) is 11.1 Å². The first-order chi connectivity index (χ1) is 10.4. The molecule has 0 fully saturated rings. The topological polar surface area (TPSA) is 38.3 Å². The van der Waals surface area contributed by atoms with Gasteiger partial charge in [-0.15, -0.1) is 0 Å². The highest BCUT2D eigenvalue weighted by atomic mass is 35.5. The van der Waals surface area contributed by atoms with E-state index in [4.69, 9.17) is 39.5 Å². The second kappa shape index (κ2) is 7.23. The molecule has 0 saturated carbocycles. The molecule has 6 heteroatoms. The van der Waals surface area contributed by atoms with E-state index in [0.29, 0.717) is 26.5 Å². The van der Waals surface area contributed by atoms with Crippen molar-refractivity contribution in [2.75, 3.05) is 12.4 Å². The zero-order valence-electron chi connectivity index (χ0n) is 12.0. The van der Waals surface area contributed by atoms with Gasteiger partial charge < -0.3 is 10.1 Å². The summed E-state index contributed by atoms with van der Waals surface area (Å²) in [5.74, 6) is 0.330. The van der Waals surface area contributed by atoms with Gasteiger partial charge in [0.1, 0.15) is 5.75 Å². The van der Waals surface area contributed by atoms with E-state index in [1.807, 2.05) is 6.92 Å². The lowest BCUT2D eigenvalue weighted by molar-refractivity contribution is -0.115. The van der Waals surface area contributed by atoms with Gasteiger partial charge in [-0.1, -0.05) is 40.9 Å². The Balaban J connectivity index is 2.15. The predicted octanol–water partition coefficient (Wildman–Crippen LogP) is 5.15. The molecule has 0 aromatic heterocycles. The molecule has 22 heavy (non-hydrogen) atoms. The number of carbonyl (C=O) groups is 1. The highest BCUT2D eigenvalue weighted by Gasteiger charge is 2.11. The quantitative estimate of drug-likeness (QED) is 0.821. The summed E-state index contributed by atoms with van der Waals surface area (Å²) in [7, 11) is 1.52. The monoisotopic (exact) mass is 357 g/mol. The fraction of sp³-hybridized carbons (Fsp3) is 0.188. The summed E-state index contributed by atoms with van der Waals surface area (Å²) in [5, 5.41) is 4.28. The first-order valence-corrected chi connectivity index (χ1v) is 7.62. The van der Waals surface area contributed by atoms with Crippen molar-refractivity contribution in [3.63, 3.8) is 0 Å². The number of anilines is 1. The number of halogens is 3. The maximum absolute atomic E-state index is 12.2. The van der Waals surface area contributed by atoms with Crippen LogP contribution in [0, 0.1) is 6.92 Å². The number of carbonyl (C=O) groups excluding carboxylic acids is 1. The van der Waals surface area contributed by atoms with E-state index in [9.17, 15) is 4.79 Å². The maximum atomic E-state index is 12.2. The number of aryl methyl sites for hydroxylation is 1. The molecule has 2 rings (SSSR count). The summed E-state index contributed by atoms with van der Waals surface area (Å²) in [4.78, 5) is 12.2. The average molecular weight is 359 g/mol. The molecule has 1 N–H and O–H groups in total. The molecule has 0 aliphatic rings. The molecule has 0 bridgehead atoms. The molecule has 0 radical (unpaired) electrons.